The Morgan fingerprint density at radius 2 is 1.91 bits per heavy atom. The van der Waals surface area contributed by atoms with E-state index in [1.807, 2.05) is 60.0 Å². The van der Waals surface area contributed by atoms with Crippen molar-refractivity contribution in [2.24, 2.45) is 5.10 Å². The number of carbonyl (C=O) groups is 1. The van der Waals surface area contributed by atoms with Crippen LogP contribution in [0.4, 0.5) is 0 Å². The van der Waals surface area contributed by atoms with Gasteiger partial charge in [0.15, 0.2) is 0 Å². The minimum Gasteiger partial charge on any atom is -0.494 e. The number of hydrogen-bond acceptors (Lipinski definition) is 6. The van der Waals surface area contributed by atoms with E-state index in [0.29, 0.717) is 12.3 Å². The summed E-state index contributed by atoms with van der Waals surface area (Å²) >= 11 is 1.46. The molecule has 0 saturated carbocycles. The summed E-state index contributed by atoms with van der Waals surface area (Å²) in [5.74, 6) is 0.214. The van der Waals surface area contributed by atoms with Crippen molar-refractivity contribution in [3.8, 4) is 16.3 Å². The molecule has 4 aromatic rings. The van der Waals surface area contributed by atoms with E-state index in [-0.39, 0.29) is 5.69 Å². The molecule has 0 fully saturated rings. The van der Waals surface area contributed by atoms with Crippen molar-refractivity contribution < 1.29 is 9.53 Å². The number of hydrazone groups is 1. The number of H-pyrrole nitrogens is 1. The zero-order valence-corrected chi connectivity index (χ0v) is 18.5. The summed E-state index contributed by atoms with van der Waals surface area (Å²) in [5, 5.41) is 5.85. The fourth-order valence-corrected chi connectivity index (χ4v) is 3.82. The van der Waals surface area contributed by atoms with Gasteiger partial charge in [-0.2, -0.15) is 10.1 Å². The predicted molar refractivity (Wildman–Crippen MR) is 130 cm³/mol. The maximum atomic E-state index is 12.4. The Kier molecular flexibility index (Phi) is 7.40. The molecule has 0 saturated heterocycles. The Labute approximate surface area is 194 Å². The summed E-state index contributed by atoms with van der Waals surface area (Å²) < 4.78 is 5.78. The summed E-state index contributed by atoms with van der Waals surface area (Å²) in [4.78, 5) is 31.4. The Balaban J connectivity index is 1.27. The van der Waals surface area contributed by atoms with Gasteiger partial charge in [0.25, 0.3) is 5.91 Å². The molecule has 4 rings (SSSR count). The first-order valence-electron chi connectivity index (χ1n) is 10.4. The fraction of sp³-hybridized carbons (Fsp3) is 0.120. The predicted octanol–water partition coefficient (Wildman–Crippen LogP) is 4.27. The molecule has 0 spiro atoms. The topological polar surface area (TPSA) is 96.4 Å². The fourth-order valence-electron chi connectivity index (χ4n) is 3.12. The van der Waals surface area contributed by atoms with E-state index in [1.54, 1.807) is 0 Å². The number of rotatable bonds is 9. The van der Waals surface area contributed by atoms with Gasteiger partial charge in [0.2, 0.25) is 0 Å². The van der Waals surface area contributed by atoms with Crippen molar-refractivity contribution in [2.75, 3.05) is 6.61 Å². The molecule has 2 N–H and O–H groups in total. The molecule has 2 heterocycles. The molecule has 0 atom stereocenters. The Morgan fingerprint density at radius 3 is 2.67 bits per heavy atom. The Morgan fingerprint density at radius 1 is 1.09 bits per heavy atom. The van der Waals surface area contributed by atoms with Crippen LogP contribution < -0.4 is 15.9 Å². The van der Waals surface area contributed by atoms with Gasteiger partial charge in [-0.25, -0.2) is 10.2 Å². The standard InChI is InChI=1S/C25H22N4O3S/c30-24(22-16-21(27-25(31)28-22)23-9-5-15-33-23)29-26-17-19-10-12-20(13-11-19)32-14-4-8-18-6-2-1-3-7-18/h1-3,5-7,9-13,15-17H,4,8,14H2,(H,29,30)(H,27,28,31)/b26-17+. The van der Waals surface area contributed by atoms with Crippen LogP contribution in [0.1, 0.15) is 28.0 Å². The summed E-state index contributed by atoms with van der Waals surface area (Å²) in [7, 11) is 0. The summed E-state index contributed by atoms with van der Waals surface area (Å²) in [6, 6.07) is 23.0. The molecule has 8 heteroatoms. The molecule has 0 unspecified atom stereocenters. The lowest BCUT2D eigenvalue weighted by atomic mass is 10.1. The second-order valence-corrected chi connectivity index (χ2v) is 8.12. The third kappa shape index (κ3) is 6.47. The van der Waals surface area contributed by atoms with Crippen molar-refractivity contribution in [1.82, 2.24) is 15.4 Å². The van der Waals surface area contributed by atoms with Gasteiger partial charge < -0.3 is 9.72 Å². The van der Waals surface area contributed by atoms with E-state index in [1.165, 1.54) is 29.2 Å². The maximum Gasteiger partial charge on any atom is 0.346 e. The number of amides is 1. The van der Waals surface area contributed by atoms with Crippen molar-refractivity contribution >= 4 is 23.5 Å². The van der Waals surface area contributed by atoms with Gasteiger partial charge in [-0.1, -0.05) is 36.4 Å². The number of aromatic amines is 1. The molecule has 0 aliphatic heterocycles. The first kappa shape index (κ1) is 22.2. The Bertz CT molecular complexity index is 1270. The molecule has 0 bridgehead atoms. The van der Waals surface area contributed by atoms with Crippen LogP contribution in [0.3, 0.4) is 0 Å². The monoisotopic (exact) mass is 458 g/mol. The van der Waals surface area contributed by atoms with Crippen molar-refractivity contribution in [1.29, 1.82) is 0 Å². The lowest BCUT2D eigenvalue weighted by molar-refractivity contribution is 0.0949. The number of carbonyl (C=O) groups excluding carboxylic acids is 1. The lowest BCUT2D eigenvalue weighted by Gasteiger charge is -2.06. The minimum absolute atomic E-state index is 0.00134. The second-order valence-electron chi connectivity index (χ2n) is 7.17. The average molecular weight is 459 g/mol. The van der Waals surface area contributed by atoms with Gasteiger partial charge in [0, 0.05) is 0 Å². The molecular formula is C25H22N4O3S. The van der Waals surface area contributed by atoms with Crippen LogP contribution in [0.2, 0.25) is 0 Å². The number of nitrogens with zero attached hydrogens (tertiary/aromatic N) is 2. The van der Waals surface area contributed by atoms with Crippen molar-refractivity contribution in [3.63, 3.8) is 0 Å². The summed E-state index contributed by atoms with van der Waals surface area (Å²) in [6.45, 7) is 0.634. The minimum atomic E-state index is -0.589. The van der Waals surface area contributed by atoms with Crippen LogP contribution in [-0.2, 0) is 6.42 Å². The van der Waals surface area contributed by atoms with E-state index < -0.39 is 11.6 Å². The number of nitrogens with one attached hydrogen (secondary N) is 2. The Hall–Kier alpha value is -4.04. The molecule has 0 radical (unpaired) electrons. The molecule has 2 aromatic carbocycles. The van der Waals surface area contributed by atoms with Crippen molar-refractivity contribution in [2.45, 2.75) is 12.8 Å². The van der Waals surface area contributed by atoms with E-state index in [2.05, 4.69) is 32.6 Å². The number of aromatic nitrogens is 2. The third-order valence-corrected chi connectivity index (χ3v) is 5.65. The van der Waals surface area contributed by atoms with Gasteiger partial charge in [-0.15, -0.1) is 11.3 Å². The van der Waals surface area contributed by atoms with Crippen LogP contribution in [-0.4, -0.2) is 28.7 Å². The maximum absolute atomic E-state index is 12.4. The van der Waals surface area contributed by atoms with Gasteiger partial charge in [-0.05, 0) is 65.7 Å². The zero-order valence-electron chi connectivity index (χ0n) is 17.7. The highest BCUT2D eigenvalue weighted by Crippen LogP contribution is 2.21. The molecule has 0 aliphatic rings. The SMILES string of the molecule is O=C(N/N=C/c1ccc(OCCCc2ccccc2)cc1)c1cc(-c2cccs2)[nH]c(=O)n1. The van der Waals surface area contributed by atoms with Crippen LogP contribution in [0.5, 0.6) is 5.75 Å². The highest BCUT2D eigenvalue weighted by atomic mass is 32.1. The average Bonchev–Trinajstić information content (AvgIpc) is 3.38. The molecule has 1 amide bonds. The van der Waals surface area contributed by atoms with E-state index >= 15 is 0 Å². The smallest absolute Gasteiger partial charge is 0.346 e. The number of benzene rings is 2. The van der Waals surface area contributed by atoms with E-state index in [4.69, 9.17) is 4.74 Å². The lowest BCUT2D eigenvalue weighted by Crippen LogP contribution is -2.24. The highest BCUT2D eigenvalue weighted by Gasteiger charge is 2.11. The third-order valence-electron chi connectivity index (χ3n) is 4.75. The second kappa shape index (κ2) is 11.0. The van der Waals surface area contributed by atoms with Crippen LogP contribution >= 0.6 is 11.3 Å². The number of thiophene rings is 1. The molecular weight excluding hydrogens is 436 g/mol. The molecule has 2 aromatic heterocycles. The quantitative estimate of drug-likeness (QED) is 0.222. The van der Waals surface area contributed by atoms with Gasteiger partial charge >= 0.3 is 5.69 Å². The highest BCUT2D eigenvalue weighted by molar-refractivity contribution is 7.13. The molecule has 33 heavy (non-hydrogen) atoms. The molecule has 7 nitrogen and oxygen atoms in total. The zero-order chi connectivity index (χ0) is 22.9. The summed E-state index contributed by atoms with van der Waals surface area (Å²) in [6.07, 6.45) is 3.43. The van der Waals surface area contributed by atoms with Crippen LogP contribution in [0.25, 0.3) is 10.6 Å². The summed E-state index contributed by atoms with van der Waals surface area (Å²) in [5.41, 5.74) is 4.45. The van der Waals surface area contributed by atoms with Gasteiger partial charge in [0.1, 0.15) is 11.4 Å². The largest absolute Gasteiger partial charge is 0.494 e. The van der Waals surface area contributed by atoms with Gasteiger partial charge in [-0.3, -0.25) is 4.79 Å². The normalized spacial score (nSPS) is 10.9. The van der Waals surface area contributed by atoms with Gasteiger partial charge in [0.05, 0.1) is 23.4 Å². The number of aryl methyl sites for hydroxylation is 1. The molecule has 0 aliphatic carbocycles. The number of hydrogen-bond donors (Lipinski definition) is 2. The number of ether oxygens (including phenoxy) is 1. The van der Waals surface area contributed by atoms with E-state index in [9.17, 15) is 9.59 Å². The molecule has 166 valence electrons. The first-order valence-corrected chi connectivity index (χ1v) is 11.3. The van der Waals surface area contributed by atoms with Crippen molar-refractivity contribution in [3.05, 3.63) is 105 Å². The van der Waals surface area contributed by atoms with Crippen LogP contribution in [0.15, 0.2) is 88.1 Å². The van der Waals surface area contributed by atoms with E-state index in [0.717, 1.165) is 29.0 Å². The van der Waals surface area contributed by atoms with Crippen LogP contribution in [0, 0.1) is 0 Å². The first-order chi connectivity index (χ1) is 16.2.